The zero-order chi connectivity index (χ0) is 22.1. The monoisotopic (exact) mass is 422 g/mol. The van der Waals surface area contributed by atoms with Crippen molar-refractivity contribution in [3.8, 4) is 11.3 Å². The molecule has 1 fully saturated rings. The van der Waals surface area contributed by atoms with E-state index in [2.05, 4.69) is 48.1 Å². The molecule has 0 saturated carbocycles. The molecule has 0 bridgehead atoms. The molecule has 1 saturated heterocycles. The lowest BCUT2D eigenvalue weighted by Gasteiger charge is -2.44. The molecule has 0 aliphatic carbocycles. The highest BCUT2D eigenvalue weighted by molar-refractivity contribution is 6.00. The summed E-state index contributed by atoms with van der Waals surface area (Å²) in [5, 5.41) is 11.5. The van der Waals surface area contributed by atoms with Crippen LogP contribution >= 0.6 is 0 Å². The Balaban J connectivity index is 1.48. The summed E-state index contributed by atoms with van der Waals surface area (Å²) in [6.45, 7) is 5.61. The summed E-state index contributed by atoms with van der Waals surface area (Å²) in [5.41, 5.74) is 2.68. The smallest absolute Gasteiger partial charge is 0.254 e. The molecule has 1 aliphatic rings. The average Bonchev–Trinajstić information content (AvgIpc) is 2.85. The van der Waals surface area contributed by atoms with Crippen LogP contribution in [-0.4, -0.2) is 46.2 Å². The molecule has 0 unspecified atom stereocenters. The molecule has 1 aromatic heterocycles. The second-order valence-electron chi connectivity index (χ2n) is 8.46. The molecule has 4 aromatic rings. The van der Waals surface area contributed by atoms with Gasteiger partial charge in [-0.25, -0.2) is 0 Å². The number of carbonyl (C=O) groups is 1. The van der Waals surface area contributed by atoms with Crippen LogP contribution in [-0.2, 0) is 0 Å². The van der Waals surface area contributed by atoms with Crippen LogP contribution in [0.1, 0.15) is 24.2 Å². The second kappa shape index (κ2) is 8.42. The van der Waals surface area contributed by atoms with Gasteiger partial charge in [0.1, 0.15) is 5.69 Å². The molecular formula is C27H26N4O. The lowest BCUT2D eigenvalue weighted by atomic mass is 10.0. The fourth-order valence-corrected chi connectivity index (χ4v) is 4.56. The molecule has 0 radical (unpaired) electrons. The Bertz CT molecular complexity index is 1240. The van der Waals surface area contributed by atoms with E-state index in [1.165, 1.54) is 0 Å². The van der Waals surface area contributed by atoms with Crippen LogP contribution in [0, 0.1) is 0 Å². The zero-order valence-corrected chi connectivity index (χ0v) is 18.3. The fourth-order valence-electron chi connectivity index (χ4n) is 4.56. The summed E-state index contributed by atoms with van der Waals surface area (Å²) >= 11 is 0. The van der Waals surface area contributed by atoms with Crippen molar-refractivity contribution in [1.29, 1.82) is 0 Å². The first-order valence-corrected chi connectivity index (χ1v) is 11.1. The highest BCUT2D eigenvalue weighted by Crippen LogP contribution is 2.33. The maximum Gasteiger partial charge on any atom is 0.254 e. The SMILES string of the molecule is C[C@H]1CN(c2nnc(-c3ccccc3)c3ccccc23)[C@@H](C)CN1C(=O)c1ccccc1. The Labute approximate surface area is 188 Å². The van der Waals surface area contributed by atoms with Gasteiger partial charge in [-0.05, 0) is 26.0 Å². The van der Waals surface area contributed by atoms with Crippen molar-refractivity contribution < 1.29 is 4.79 Å². The van der Waals surface area contributed by atoms with Gasteiger partial charge < -0.3 is 9.80 Å². The number of amides is 1. The summed E-state index contributed by atoms with van der Waals surface area (Å²) in [6.07, 6.45) is 0. The molecule has 32 heavy (non-hydrogen) atoms. The molecule has 1 aliphatic heterocycles. The van der Waals surface area contributed by atoms with Crippen LogP contribution in [0.4, 0.5) is 5.82 Å². The highest BCUT2D eigenvalue weighted by atomic mass is 16.2. The first kappa shape index (κ1) is 20.2. The lowest BCUT2D eigenvalue weighted by molar-refractivity contribution is 0.0644. The largest absolute Gasteiger partial charge is 0.348 e. The van der Waals surface area contributed by atoms with E-state index in [0.29, 0.717) is 13.1 Å². The minimum atomic E-state index is 0.0632. The predicted octanol–water partition coefficient (Wildman–Crippen LogP) is 5.04. The quantitative estimate of drug-likeness (QED) is 0.464. The van der Waals surface area contributed by atoms with E-state index in [-0.39, 0.29) is 18.0 Å². The molecule has 2 heterocycles. The van der Waals surface area contributed by atoms with Gasteiger partial charge in [0.25, 0.3) is 5.91 Å². The van der Waals surface area contributed by atoms with Crippen molar-refractivity contribution in [2.45, 2.75) is 25.9 Å². The van der Waals surface area contributed by atoms with Crippen LogP contribution in [0.3, 0.4) is 0 Å². The molecule has 0 spiro atoms. The second-order valence-corrected chi connectivity index (χ2v) is 8.46. The number of anilines is 1. The Morgan fingerprint density at radius 1 is 0.750 bits per heavy atom. The van der Waals surface area contributed by atoms with Gasteiger partial charge in [0.15, 0.2) is 5.82 Å². The number of piperazine rings is 1. The number of fused-ring (bicyclic) bond motifs is 1. The number of rotatable bonds is 3. The van der Waals surface area contributed by atoms with Crippen molar-refractivity contribution in [2.75, 3.05) is 18.0 Å². The van der Waals surface area contributed by atoms with E-state index in [1.807, 2.05) is 65.6 Å². The topological polar surface area (TPSA) is 49.3 Å². The number of benzene rings is 3. The molecule has 2 atom stereocenters. The van der Waals surface area contributed by atoms with Crippen molar-refractivity contribution in [3.05, 3.63) is 90.5 Å². The van der Waals surface area contributed by atoms with E-state index in [4.69, 9.17) is 5.10 Å². The van der Waals surface area contributed by atoms with E-state index < -0.39 is 0 Å². The van der Waals surface area contributed by atoms with Crippen LogP contribution in [0.25, 0.3) is 22.0 Å². The third-order valence-corrected chi connectivity index (χ3v) is 6.25. The maximum absolute atomic E-state index is 13.1. The number of nitrogens with zero attached hydrogens (tertiary/aromatic N) is 4. The van der Waals surface area contributed by atoms with Crippen molar-refractivity contribution >= 4 is 22.5 Å². The number of aromatic nitrogens is 2. The number of hydrogen-bond acceptors (Lipinski definition) is 4. The Kier molecular flexibility index (Phi) is 5.31. The van der Waals surface area contributed by atoms with Crippen molar-refractivity contribution in [3.63, 3.8) is 0 Å². The number of carbonyl (C=O) groups excluding carboxylic acids is 1. The van der Waals surface area contributed by atoms with Crippen molar-refractivity contribution in [2.24, 2.45) is 0 Å². The van der Waals surface area contributed by atoms with E-state index in [9.17, 15) is 4.79 Å². The molecular weight excluding hydrogens is 396 g/mol. The van der Waals surface area contributed by atoms with E-state index >= 15 is 0 Å². The molecule has 5 heteroatoms. The zero-order valence-electron chi connectivity index (χ0n) is 18.3. The van der Waals surface area contributed by atoms with Gasteiger partial charge in [-0.2, -0.15) is 0 Å². The van der Waals surface area contributed by atoms with Gasteiger partial charge in [-0.3, -0.25) is 4.79 Å². The van der Waals surface area contributed by atoms with Gasteiger partial charge in [-0.15, -0.1) is 10.2 Å². The molecule has 5 nitrogen and oxygen atoms in total. The van der Waals surface area contributed by atoms with Gasteiger partial charge in [0.2, 0.25) is 0 Å². The van der Waals surface area contributed by atoms with Gasteiger partial charge in [0.05, 0.1) is 0 Å². The fraction of sp³-hybridized carbons (Fsp3) is 0.222. The Morgan fingerprint density at radius 3 is 2.09 bits per heavy atom. The van der Waals surface area contributed by atoms with Gasteiger partial charge in [-0.1, -0.05) is 72.8 Å². The Morgan fingerprint density at radius 2 is 1.38 bits per heavy atom. The van der Waals surface area contributed by atoms with E-state index in [1.54, 1.807) is 0 Å². The van der Waals surface area contributed by atoms with Crippen LogP contribution in [0.2, 0.25) is 0 Å². The summed E-state index contributed by atoms with van der Waals surface area (Å²) < 4.78 is 0. The first-order valence-electron chi connectivity index (χ1n) is 11.1. The van der Waals surface area contributed by atoms with E-state index in [0.717, 1.165) is 33.4 Å². The van der Waals surface area contributed by atoms with Crippen molar-refractivity contribution in [1.82, 2.24) is 15.1 Å². The summed E-state index contributed by atoms with van der Waals surface area (Å²) in [7, 11) is 0. The molecule has 0 N–H and O–H groups in total. The third-order valence-electron chi connectivity index (χ3n) is 6.25. The van der Waals surface area contributed by atoms with Crippen LogP contribution in [0.5, 0.6) is 0 Å². The lowest BCUT2D eigenvalue weighted by Crippen LogP contribution is -2.58. The first-order chi connectivity index (χ1) is 15.6. The minimum absolute atomic E-state index is 0.0632. The number of hydrogen-bond donors (Lipinski definition) is 0. The summed E-state index contributed by atoms with van der Waals surface area (Å²) in [6, 6.07) is 28.2. The molecule has 3 aromatic carbocycles. The highest BCUT2D eigenvalue weighted by Gasteiger charge is 2.34. The van der Waals surface area contributed by atoms with Gasteiger partial charge >= 0.3 is 0 Å². The third kappa shape index (κ3) is 3.60. The van der Waals surface area contributed by atoms with Gasteiger partial charge in [0, 0.05) is 47.1 Å². The molecule has 5 rings (SSSR count). The Hall–Kier alpha value is -3.73. The molecule has 160 valence electrons. The average molecular weight is 423 g/mol. The summed E-state index contributed by atoms with van der Waals surface area (Å²) in [5.74, 6) is 0.964. The summed E-state index contributed by atoms with van der Waals surface area (Å²) in [4.78, 5) is 17.4. The molecule has 1 amide bonds. The maximum atomic E-state index is 13.1. The van der Waals surface area contributed by atoms with Crippen LogP contribution in [0.15, 0.2) is 84.9 Å². The predicted molar refractivity (Wildman–Crippen MR) is 129 cm³/mol. The van der Waals surface area contributed by atoms with Crippen LogP contribution < -0.4 is 4.90 Å². The normalized spacial score (nSPS) is 18.7. The minimum Gasteiger partial charge on any atom is -0.348 e. The standard InChI is InChI=1S/C27H26N4O/c1-19-18-31(27(32)22-13-7-4-8-14-22)20(2)17-30(19)26-24-16-10-9-15-23(24)25(28-29-26)21-11-5-3-6-12-21/h3-16,19-20H,17-18H2,1-2H3/t19-,20-/m0/s1.